The molecule has 0 aliphatic carbocycles. The summed E-state index contributed by atoms with van der Waals surface area (Å²) in [6, 6.07) is 6.46. The molecule has 0 aliphatic heterocycles. The van der Waals surface area contributed by atoms with Crippen molar-refractivity contribution in [3.8, 4) is 6.07 Å². The summed E-state index contributed by atoms with van der Waals surface area (Å²) in [6.07, 6.45) is 0. The van der Waals surface area contributed by atoms with Gasteiger partial charge in [-0.25, -0.2) is 4.39 Å². The number of nitrogens with zero attached hydrogens (tertiary/aromatic N) is 1. The first-order valence-electron chi connectivity index (χ1n) is 6.51. The monoisotopic (exact) mass is 277 g/mol. The van der Waals surface area contributed by atoms with Crippen LogP contribution in [0.4, 0.5) is 10.1 Å². The van der Waals surface area contributed by atoms with E-state index in [2.05, 4.69) is 16.7 Å². The van der Waals surface area contributed by atoms with Gasteiger partial charge in [0, 0.05) is 5.69 Å². The van der Waals surface area contributed by atoms with Gasteiger partial charge in [-0.15, -0.1) is 0 Å². The van der Waals surface area contributed by atoms with Crippen LogP contribution in [0.25, 0.3) is 0 Å². The van der Waals surface area contributed by atoms with Gasteiger partial charge >= 0.3 is 0 Å². The molecule has 0 saturated carbocycles. The highest BCUT2D eigenvalue weighted by Crippen LogP contribution is 2.17. The van der Waals surface area contributed by atoms with Crippen LogP contribution in [0.2, 0.25) is 0 Å². The first-order valence-corrected chi connectivity index (χ1v) is 6.51. The number of amides is 1. The largest absolute Gasteiger partial charge is 0.376 e. The van der Waals surface area contributed by atoms with Gasteiger partial charge in [0.2, 0.25) is 5.91 Å². The maximum absolute atomic E-state index is 13.1. The van der Waals surface area contributed by atoms with Crippen molar-refractivity contribution in [3.63, 3.8) is 0 Å². The second kappa shape index (κ2) is 6.38. The number of anilines is 1. The van der Waals surface area contributed by atoms with E-state index in [9.17, 15) is 9.18 Å². The average Bonchev–Trinajstić information content (AvgIpc) is 2.39. The molecule has 1 aromatic carbocycles. The van der Waals surface area contributed by atoms with Gasteiger partial charge in [-0.05, 0) is 37.5 Å². The zero-order chi connectivity index (χ0) is 15.3. The number of hydrogen-bond donors (Lipinski definition) is 2. The van der Waals surface area contributed by atoms with Gasteiger partial charge in [-0.2, -0.15) is 5.26 Å². The van der Waals surface area contributed by atoms with Crippen LogP contribution in [-0.4, -0.2) is 18.0 Å². The van der Waals surface area contributed by atoms with Crippen LogP contribution in [0, 0.1) is 30.0 Å². The lowest BCUT2D eigenvalue weighted by atomic mass is 9.90. The summed E-state index contributed by atoms with van der Waals surface area (Å²) in [5.74, 6) is -0.665. The first kappa shape index (κ1) is 16.0. The molecule has 0 saturated heterocycles. The minimum Gasteiger partial charge on any atom is -0.376 e. The van der Waals surface area contributed by atoms with Crippen LogP contribution >= 0.6 is 0 Å². The predicted octanol–water partition coefficient (Wildman–Crippen LogP) is 2.60. The van der Waals surface area contributed by atoms with Crippen LogP contribution in [0.3, 0.4) is 0 Å². The molecule has 1 rings (SSSR count). The fourth-order valence-corrected chi connectivity index (χ4v) is 1.60. The fourth-order valence-electron chi connectivity index (χ4n) is 1.60. The Labute approximate surface area is 119 Å². The Morgan fingerprint density at radius 3 is 2.70 bits per heavy atom. The minimum absolute atomic E-state index is 0.00567. The number of halogens is 1. The second-order valence-corrected chi connectivity index (χ2v) is 5.33. The molecule has 1 aromatic rings. The molecule has 0 aromatic heterocycles. The zero-order valence-electron chi connectivity index (χ0n) is 12.2. The summed E-state index contributed by atoms with van der Waals surface area (Å²) < 4.78 is 13.1. The van der Waals surface area contributed by atoms with Crippen LogP contribution in [0.15, 0.2) is 18.2 Å². The first-order chi connectivity index (χ1) is 9.28. The smallest absolute Gasteiger partial charge is 0.240 e. The van der Waals surface area contributed by atoms with Crippen molar-refractivity contribution in [3.05, 3.63) is 29.6 Å². The third-order valence-corrected chi connectivity index (χ3v) is 3.43. The van der Waals surface area contributed by atoms with Crippen molar-refractivity contribution in [1.29, 1.82) is 5.26 Å². The highest BCUT2D eigenvalue weighted by molar-refractivity contribution is 5.82. The van der Waals surface area contributed by atoms with Gasteiger partial charge < -0.3 is 10.6 Å². The SMILES string of the molecule is Cc1ccc(F)cc1NCC(=O)NC(C)(C#N)C(C)C. The topological polar surface area (TPSA) is 64.9 Å². The zero-order valence-corrected chi connectivity index (χ0v) is 12.2. The lowest BCUT2D eigenvalue weighted by Gasteiger charge is -2.27. The third-order valence-electron chi connectivity index (χ3n) is 3.43. The van der Waals surface area contributed by atoms with Crippen molar-refractivity contribution in [1.82, 2.24) is 5.32 Å². The van der Waals surface area contributed by atoms with Crippen molar-refractivity contribution in [2.24, 2.45) is 5.92 Å². The van der Waals surface area contributed by atoms with Gasteiger partial charge in [0.15, 0.2) is 0 Å². The number of carbonyl (C=O) groups excluding carboxylic acids is 1. The van der Waals surface area contributed by atoms with Crippen molar-refractivity contribution in [2.45, 2.75) is 33.2 Å². The Morgan fingerprint density at radius 1 is 1.50 bits per heavy atom. The minimum atomic E-state index is -0.907. The standard InChI is InChI=1S/C15H20FN3O/c1-10(2)15(4,9-17)19-14(20)8-18-13-7-12(16)6-5-11(13)3/h5-7,10,18H,8H2,1-4H3,(H,19,20). The number of hydrogen-bond acceptors (Lipinski definition) is 3. The molecular weight excluding hydrogens is 257 g/mol. The van der Waals surface area contributed by atoms with E-state index in [1.165, 1.54) is 12.1 Å². The maximum Gasteiger partial charge on any atom is 0.240 e. The number of aryl methyl sites for hydroxylation is 1. The normalized spacial score (nSPS) is 13.4. The van der Waals surface area contributed by atoms with E-state index in [0.717, 1.165) is 5.56 Å². The molecule has 0 heterocycles. The molecule has 0 spiro atoms. The molecule has 2 N–H and O–H groups in total. The second-order valence-electron chi connectivity index (χ2n) is 5.33. The van der Waals surface area contributed by atoms with E-state index in [4.69, 9.17) is 5.26 Å². The molecule has 108 valence electrons. The van der Waals surface area contributed by atoms with Crippen LogP contribution in [0.1, 0.15) is 26.3 Å². The Balaban J connectivity index is 2.65. The van der Waals surface area contributed by atoms with Gasteiger partial charge in [-0.1, -0.05) is 19.9 Å². The molecule has 1 amide bonds. The summed E-state index contributed by atoms with van der Waals surface area (Å²) in [4.78, 5) is 11.9. The lowest BCUT2D eigenvalue weighted by molar-refractivity contribution is -0.121. The molecule has 0 bridgehead atoms. The van der Waals surface area contributed by atoms with Crippen molar-refractivity contribution in [2.75, 3.05) is 11.9 Å². The highest BCUT2D eigenvalue weighted by atomic mass is 19.1. The van der Waals surface area contributed by atoms with E-state index in [0.29, 0.717) is 5.69 Å². The van der Waals surface area contributed by atoms with Crippen LogP contribution < -0.4 is 10.6 Å². The summed E-state index contributed by atoms with van der Waals surface area (Å²) in [6.45, 7) is 7.24. The number of nitrogens with one attached hydrogen (secondary N) is 2. The van der Waals surface area contributed by atoms with E-state index in [1.54, 1.807) is 13.0 Å². The van der Waals surface area contributed by atoms with Crippen molar-refractivity contribution < 1.29 is 9.18 Å². The fraction of sp³-hybridized carbons (Fsp3) is 0.467. The molecular formula is C15H20FN3O. The summed E-state index contributed by atoms with van der Waals surface area (Å²) in [7, 11) is 0. The van der Waals surface area contributed by atoms with E-state index >= 15 is 0 Å². The van der Waals surface area contributed by atoms with Gasteiger partial charge in [0.05, 0.1) is 12.6 Å². The Hall–Kier alpha value is -2.09. The predicted molar refractivity (Wildman–Crippen MR) is 76.6 cm³/mol. The number of nitriles is 1. The van der Waals surface area contributed by atoms with E-state index in [1.807, 2.05) is 20.8 Å². The Bertz CT molecular complexity index is 536. The molecule has 0 radical (unpaired) electrons. The quantitative estimate of drug-likeness (QED) is 0.869. The van der Waals surface area contributed by atoms with Crippen molar-refractivity contribution >= 4 is 11.6 Å². The average molecular weight is 277 g/mol. The summed E-state index contributed by atoms with van der Waals surface area (Å²) >= 11 is 0. The highest BCUT2D eigenvalue weighted by Gasteiger charge is 2.29. The third kappa shape index (κ3) is 3.95. The van der Waals surface area contributed by atoms with Gasteiger partial charge in [0.1, 0.15) is 11.4 Å². The number of carbonyl (C=O) groups is 1. The Kier molecular flexibility index (Phi) is 5.09. The molecule has 0 fully saturated rings. The Morgan fingerprint density at radius 2 is 2.15 bits per heavy atom. The van der Waals surface area contributed by atoms with E-state index < -0.39 is 5.54 Å². The van der Waals surface area contributed by atoms with E-state index in [-0.39, 0.29) is 24.2 Å². The molecule has 20 heavy (non-hydrogen) atoms. The molecule has 4 nitrogen and oxygen atoms in total. The molecule has 1 unspecified atom stereocenters. The molecule has 0 aliphatic rings. The van der Waals surface area contributed by atoms with Crippen LogP contribution in [-0.2, 0) is 4.79 Å². The van der Waals surface area contributed by atoms with Gasteiger partial charge in [-0.3, -0.25) is 4.79 Å². The summed E-state index contributed by atoms with van der Waals surface area (Å²) in [5.41, 5.74) is 0.518. The van der Waals surface area contributed by atoms with Gasteiger partial charge in [0.25, 0.3) is 0 Å². The summed E-state index contributed by atoms with van der Waals surface area (Å²) in [5, 5.41) is 14.7. The lowest BCUT2D eigenvalue weighted by Crippen LogP contribution is -2.50. The number of benzene rings is 1. The van der Waals surface area contributed by atoms with Crippen LogP contribution in [0.5, 0.6) is 0 Å². The molecule has 1 atom stereocenters. The number of rotatable bonds is 5. The maximum atomic E-state index is 13.1. The molecule has 5 heteroatoms.